The minimum atomic E-state index is -0.399. The number of hydrogen-bond acceptors (Lipinski definition) is 4. The van der Waals surface area contributed by atoms with Crippen LogP contribution in [0.5, 0.6) is 0 Å². The Morgan fingerprint density at radius 3 is 2.27 bits per heavy atom. The van der Waals surface area contributed by atoms with Crippen molar-refractivity contribution in [3.8, 4) is 11.4 Å². The van der Waals surface area contributed by atoms with Gasteiger partial charge in [0.2, 0.25) is 0 Å². The molecule has 3 aromatic rings. The first-order valence-electron chi connectivity index (χ1n) is 8.48. The third-order valence-electron chi connectivity index (χ3n) is 4.30. The van der Waals surface area contributed by atoms with Crippen LogP contribution in [0.2, 0.25) is 0 Å². The molecular formula is C20H23N5O. The molecule has 0 saturated carbocycles. The molecule has 0 bridgehead atoms. The molecule has 6 nitrogen and oxygen atoms in total. The Morgan fingerprint density at radius 1 is 1.00 bits per heavy atom. The summed E-state index contributed by atoms with van der Waals surface area (Å²) in [4.78, 5) is 11.7. The van der Waals surface area contributed by atoms with Crippen molar-refractivity contribution in [3.05, 3.63) is 66.0 Å². The van der Waals surface area contributed by atoms with Crippen molar-refractivity contribution in [3.63, 3.8) is 0 Å². The van der Waals surface area contributed by atoms with E-state index in [0.29, 0.717) is 5.56 Å². The van der Waals surface area contributed by atoms with E-state index in [1.807, 2.05) is 54.1 Å². The first-order valence-corrected chi connectivity index (χ1v) is 8.48. The highest BCUT2D eigenvalue weighted by Gasteiger charge is 2.27. The van der Waals surface area contributed by atoms with Crippen LogP contribution in [0.25, 0.3) is 11.4 Å². The van der Waals surface area contributed by atoms with Crippen LogP contribution in [0, 0.1) is 0 Å². The Bertz CT molecular complexity index is 898. The second kappa shape index (κ2) is 7.00. The van der Waals surface area contributed by atoms with Crippen molar-refractivity contribution in [2.45, 2.75) is 19.4 Å². The number of nitrogens with zero attached hydrogens (tertiary/aromatic N) is 3. The van der Waals surface area contributed by atoms with Gasteiger partial charge in [0, 0.05) is 30.9 Å². The van der Waals surface area contributed by atoms with E-state index in [1.165, 1.54) is 0 Å². The lowest BCUT2D eigenvalue weighted by Crippen LogP contribution is -2.31. The molecule has 2 aromatic carbocycles. The molecule has 0 radical (unpaired) electrons. The molecule has 6 heteroatoms. The molecule has 0 aliphatic carbocycles. The lowest BCUT2D eigenvalue weighted by Gasteiger charge is -2.26. The molecule has 1 amide bonds. The van der Waals surface area contributed by atoms with E-state index in [0.717, 1.165) is 22.9 Å². The molecule has 3 rings (SSSR count). The quantitative estimate of drug-likeness (QED) is 0.742. The minimum absolute atomic E-state index is 0.108. The lowest BCUT2D eigenvalue weighted by molar-refractivity contribution is 0.0963. The maximum absolute atomic E-state index is 11.7. The summed E-state index contributed by atoms with van der Waals surface area (Å²) in [6.45, 7) is 4.14. The topological polar surface area (TPSA) is 71.8 Å². The predicted octanol–water partition coefficient (Wildman–Crippen LogP) is 3.19. The number of para-hydroxylation sites is 1. The van der Waals surface area contributed by atoms with E-state index in [2.05, 4.69) is 34.7 Å². The summed E-state index contributed by atoms with van der Waals surface area (Å²) in [6.07, 6.45) is 0. The van der Waals surface area contributed by atoms with Gasteiger partial charge in [-0.2, -0.15) is 0 Å². The number of benzene rings is 2. The van der Waals surface area contributed by atoms with Gasteiger partial charge in [0.15, 0.2) is 11.6 Å². The van der Waals surface area contributed by atoms with Gasteiger partial charge in [0.05, 0.1) is 5.54 Å². The lowest BCUT2D eigenvalue weighted by atomic mass is 10.0. The monoisotopic (exact) mass is 349 g/mol. The molecule has 0 aliphatic heterocycles. The van der Waals surface area contributed by atoms with Crippen LogP contribution in [-0.2, 0) is 12.6 Å². The van der Waals surface area contributed by atoms with Gasteiger partial charge < -0.3 is 15.2 Å². The predicted molar refractivity (Wildman–Crippen MR) is 103 cm³/mol. The maximum atomic E-state index is 11.7. The van der Waals surface area contributed by atoms with Crippen molar-refractivity contribution in [1.29, 1.82) is 0 Å². The molecule has 0 atom stereocenters. The highest BCUT2D eigenvalue weighted by Crippen LogP contribution is 2.27. The van der Waals surface area contributed by atoms with Gasteiger partial charge in [-0.05, 0) is 38.1 Å². The summed E-state index contributed by atoms with van der Waals surface area (Å²) < 4.78 is 1.98. The number of aromatic nitrogens is 3. The van der Waals surface area contributed by atoms with Crippen LogP contribution in [-0.4, -0.2) is 27.7 Å². The summed E-state index contributed by atoms with van der Waals surface area (Å²) >= 11 is 0. The smallest absolute Gasteiger partial charge is 0.251 e. The largest absolute Gasteiger partial charge is 0.373 e. The van der Waals surface area contributed by atoms with Crippen molar-refractivity contribution in [2.24, 2.45) is 7.05 Å². The normalized spacial score (nSPS) is 11.2. The summed E-state index contributed by atoms with van der Waals surface area (Å²) in [7, 11) is 3.57. The number of nitrogens with one attached hydrogen (secondary N) is 2. The summed E-state index contributed by atoms with van der Waals surface area (Å²) in [6, 6.07) is 17.4. The number of carbonyl (C=O) groups is 1. The van der Waals surface area contributed by atoms with Crippen LogP contribution in [0.4, 0.5) is 5.69 Å². The van der Waals surface area contributed by atoms with Crippen LogP contribution < -0.4 is 10.6 Å². The fourth-order valence-corrected chi connectivity index (χ4v) is 2.98. The number of amides is 1. The van der Waals surface area contributed by atoms with Crippen molar-refractivity contribution in [1.82, 2.24) is 20.1 Å². The molecule has 1 aromatic heterocycles. The molecule has 0 saturated heterocycles. The molecular weight excluding hydrogens is 326 g/mol. The van der Waals surface area contributed by atoms with Gasteiger partial charge in [-0.3, -0.25) is 4.79 Å². The van der Waals surface area contributed by atoms with Crippen LogP contribution in [0.1, 0.15) is 30.0 Å². The van der Waals surface area contributed by atoms with Gasteiger partial charge in [0.1, 0.15) is 0 Å². The van der Waals surface area contributed by atoms with Gasteiger partial charge in [-0.15, -0.1) is 10.2 Å². The van der Waals surface area contributed by atoms with Gasteiger partial charge in [-0.25, -0.2) is 0 Å². The Hall–Kier alpha value is -3.15. The zero-order valence-electron chi connectivity index (χ0n) is 15.4. The van der Waals surface area contributed by atoms with E-state index in [4.69, 9.17) is 0 Å². The summed E-state index contributed by atoms with van der Waals surface area (Å²) in [5, 5.41) is 14.9. The Balaban J connectivity index is 1.88. The third-order valence-corrected chi connectivity index (χ3v) is 4.30. The molecule has 26 heavy (non-hydrogen) atoms. The van der Waals surface area contributed by atoms with E-state index >= 15 is 0 Å². The van der Waals surface area contributed by atoms with E-state index < -0.39 is 5.54 Å². The van der Waals surface area contributed by atoms with Crippen LogP contribution in [0.3, 0.4) is 0 Å². The molecule has 0 fully saturated rings. The van der Waals surface area contributed by atoms with Crippen LogP contribution in [0.15, 0.2) is 54.6 Å². The standard InChI is InChI=1S/C20H23N5O/c1-20(2,22-16-8-6-5-7-9-16)19-24-23-17(25(19)4)14-10-12-15(13-11-14)18(26)21-3/h5-13,22H,1-4H3,(H,21,26). The number of anilines is 1. The molecule has 0 spiro atoms. The second-order valence-electron chi connectivity index (χ2n) is 6.68. The van der Waals surface area contributed by atoms with Gasteiger partial charge >= 0.3 is 0 Å². The first kappa shape index (κ1) is 17.7. The molecule has 0 unspecified atom stereocenters. The zero-order chi connectivity index (χ0) is 18.7. The Kier molecular flexibility index (Phi) is 4.75. The minimum Gasteiger partial charge on any atom is -0.373 e. The van der Waals surface area contributed by atoms with Gasteiger partial charge in [-0.1, -0.05) is 30.3 Å². The number of hydrogen-bond donors (Lipinski definition) is 2. The van der Waals surface area contributed by atoms with Crippen molar-refractivity contribution >= 4 is 11.6 Å². The average Bonchev–Trinajstić information content (AvgIpc) is 3.04. The molecule has 134 valence electrons. The van der Waals surface area contributed by atoms with Crippen molar-refractivity contribution in [2.75, 3.05) is 12.4 Å². The zero-order valence-corrected chi connectivity index (χ0v) is 15.4. The average molecular weight is 349 g/mol. The fraction of sp³-hybridized carbons (Fsp3) is 0.250. The number of carbonyl (C=O) groups excluding carboxylic acids is 1. The van der Waals surface area contributed by atoms with E-state index in [9.17, 15) is 4.79 Å². The first-order chi connectivity index (χ1) is 12.4. The van der Waals surface area contributed by atoms with E-state index in [-0.39, 0.29) is 5.91 Å². The highest BCUT2D eigenvalue weighted by molar-refractivity contribution is 5.94. The Morgan fingerprint density at radius 2 is 1.65 bits per heavy atom. The molecule has 1 heterocycles. The maximum Gasteiger partial charge on any atom is 0.251 e. The number of rotatable bonds is 5. The summed E-state index contributed by atoms with van der Waals surface area (Å²) in [5.74, 6) is 1.47. The second-order valence-corrected chi connectivity index (χ2v) is 6.68. The third kappa shape index (κ3) is 3.44. The van der Waals surface area contributed by atoms with Gasteiger partial charge in [0.25, 0.3) is 5.91 Å². The van der Waals surface area contributed by atoms with Crippen molar-refractivity contribution < 1.29 is 4.79 Å². The molecule has 0 aliphatic rings. The van der Waals surface area contributed by atoms with E-state index in [1.54, 1.807) is 19.2 Å². The summed E-state index contributed by atoms with van der Waals surface area (Å²) in [5.41, 5.74) is 2.15. The highest BCUT2D eigenvalue weighted by atomic mass is 16.1. The SMILES string of the molecule is CNC(=O)c1ccc(-c2nnc(C(C)(C)Nc3ccccc3)n2C)cc1. The Labute approximate surface area is 153 Å². The fourth-order valence-electron chi connectivity index (χ4n) is 2.98. The molecule has 2 N–H and O–H groups in total. The van der Waals surface area contributed by atoms with Crippen LogP contribution >= 0.6 is 0 Å².